The molecular formula is C37H63N5O4Si3. The number of nitrogen functional groups attached to an aromatic ring is 1. The van der Waals surface area contributed by atoms with Crippen molar-refractivity contribution >= 4 is 54.1 Å². The van der Waals surface area contributed by atoms with Gasteiger partial charge in [0.25, 0.3) is 0 Å². The highest BCUT2D eigenvalue weighted by atomic mass is 28.4. The summed E-state index contributed by atoms with van der Waals surface area (Å²) in [5.74, 6) is 0.981. The van der Waals surface area contributed by atoms with E-state index in [0.717, 1.165) is 5.56 Å². The van der Waals surface area contributed by atoms with Crippen molar-refractivity contribution < 1.29 is 18.0 Å². The minimum Gasteiger partial charge on any atom is -0.414 e. The molecule has 49 heavy (non-hydrogen) atoms. The van der Waals surface area contributed by atoms with Crippen LogP contribution in [0.25, 0.3) is 23.3 Å². The van der Waals surface area contributed by atoms with Crippen molar-refractivity contribution in [1.29, 1.82) is 0 Å². The minimum absolute atomic E-state index is 0.0250. The van der Waals surface area contributed by atoms with Crippen LogP contribution in [0.5, 0.6) is 0 Å². The topological polar surface area (TPSA) is 107 Å². The highest BCUT2D eigenvalue weighted by molar-refractivity contribution is 6.75. The summed E-state index contributed by atoms with van der Waals surface area (Å²) in [5.41, 5.74) is 9.82. The van der Waals surface area contributed by atoms with Crippen LogP contribution in [0, 0.1) is 6.92 Å². The Morgan fingerprint density at radius 2 is 1.31 bits per heavy atom. The van der Waals surface area contributed by atoms with Crippen LogP contribution in [0.3, 0.4) is 0 Å². The van der Waals surface area contributed by atoms with Crippen molar-refractivity contribution in [3.63, 3.8) is 0 Å². The first-order chi connectivity index (χ1) is 22.3. The van der Waals surface area contributed by atoms with Gasteiger partial charge in [-0.1, -0.05) is 98.2 Å². The molecule has 3 heterocycles. The maximum atomic E-state index is 7.43. The van der Waals surface area contributed by atoms with Crippen LogP contribution >= 0.6 is 0 Å². The fraction of sp³-hybridized carbons (Fsp3) is 0.649. The predicted octanol–water partition coefficient (Wildman–Crippen LogP) is 9.59. The van der Waals surface area contributed by atoms with E-state index in [2.05, 4.69) is 144 Å². The number of hydrogen-bond donors (Lipinski definition) is 1. The zero-order valence-electron chi connectivity index (χ0n) is 33.1. The zero-order chi connectivity index (χ0) is 37.0. The second-order valence-corrected chi connectivity index (χ2v) is 32.7. The molecule has 0 spiro atoms. The second kappa shape index (κ2) is 13.7. The van der Waals surface area contributed by atoms with E-state index in [-0.39, 0.29) is 27.3 Å². The normalized spacial score (nSPS) is 21.7. The van der Waals surface area contributed by atoms with Gasteiger partial charge in [-0.2, -0.15) is 0 Å². The van der Waals surface area contributed by atoms with Gasteiger partial charge < -0.3 is 23.7 Å². The van der Waals surface area contributed by atoms with Gasteiger partial charge in [-0.05, 0) is 73.0 Å². The number of rotatable bonds is 10. The first-order valence-corrected chi connectivity index (χ1v) is 26.4. The maximum Gasteiger partial charge on any atom is 0.192 e. The summed E-state index contributed by atoms with van der Waals surface area (Å²) in [6.45, 7) is 36.6. The van der Waals surface area contributed by atoms with Crippen molar-refractivity contribution in [3.8, 4) is 0 Å². The molecule has 0 aliphatic carbocycles. The quantitative estimate of drug-likeness (QED) is 0.206. The summed E-state index contributed by atoms with van der Waals surface area (Å²) in [7, 11) is -6.80. The molecule has 1 saturated heterocycles. The number of aromatic nitrogens is 4. The third kappa shape index (κ3) is 8.48. The Morgan fingerprint density at radius 3 is 1.84 bits per heavy atom. The third-order valence-electron chi connectivity index (χ3n) is 11.5. The number of hydrogen-bond acceptors (Lipinski definition) is 8. The van der Waals surface area contributed by atoms with Gasteiger partial charge in [0.2, 0.25) is 0 Å². The Hall–Kier alpha value is -2.20. The summed E-state index contributed by atoms with van der Waals surface area (Å²) in [6, 6.07) is 8.40. The van der Waals surface area contributed by atoms with Gasteiger partial charge in [0.15, 0.2) is 48.2 Å². The smallest absolute Gasteiger partial charge is 0.192 e. The Kier molecular flexibility index (Phi) is 11.1. The summed E-state index contributed by atoms with van der Waals surface area (Å²) >= 11 is 0. The molecular weight excluding hydrogens is 663 g/mol. The average molecular weight is 726 g/mol. The SMILES string of the molecule is Cc1ccc(/C=C/c2nc3c(N)ncnc3n2[C@@H]2O[C@H](CO[Si](C)(C)C(C)(C)C)[C@@H](O[Si](C)(C)C(C)(C)C)[C@H]2O[Si](C)(C)C(C)(C)C)cc1. The van der Waals surface area contributed by atoms with Crippen molar-refractivity contribution in [3.05, 3.63) is 47.5 Å². The van der Waals surface area contributed by atoms with E-state index in [4.69, 9.17) is 33.7 Å². The molecule has 4 rings (SSSR count). The highest BCUT2D eigenvalue weighted by Crippen LogP contribution is 2.47. The van der Waals surface area contributed by atoms with E-state index in [1.807, 2.05) is 10.6 Å². The van der Waals surface area contributed by atoms with Crippen LogP contribution in [0.1, 0.15) is 85.5 Å². The lowest BCUT2D eigenvalue weighted by Gasteiger charge is -2.44. The molecule has 2 N–H and O–H groups in total. The number of anilines is 1. The minimum atomic E-state index is -2.36. The van der Waals surface area contributed by atoms with Gasteiger partial charge in [-0.3, -0.25) is 4.57 Å². The van der Waals surface area contributed by atoms with Crippen LogP contribution in [-0.4, -0.2) is 69.4 Å². The third-order valence-corrected chi connectivity index (χ3v) is 24.9. The standard InChI is InChI=1S/C37H63N5O4Si3/c1-25-17-19-26(20-18-25)21-22-28-41-29-32(38)39-24-40-33(29)42(28)34-31(46-49(15,16)37(8,9)10)30(45-48(13,14)36(5,6)7)27(44-34)23-43-47(11,12)35(2,3)4/h17-22,24,27,30-31,34H,23H2,1-16H3,(H2,38,39,40)/b22-21+/t27-,30-,31-,34-/m1/s1. The van der Waals surface area contributed by atoms with E-state index < -0.39 is 37.3 Å². The van der Waals surface area contributed by atoms with E-state index >= 15 is 0 Å². The maximum absolute atomic E-state index is 7.43. The van der Waals surface area contributed by atoms with E-state index in [1.165, 1.54) is 11.9 Å². The first-order valence-electron chi connectivity index (χ1n) is 17.6. The number of nitrogens with two attached hydrogens (primary N) is 1. The summed E-state index contributed by atoms with van der Waals surface area (Å²) in [5, 5.41) is -0.0316. The summed E-state index contributed by atoms with van der Waals surface area (Å²) < 4.78 is 30.9. The zero-order valence-corrected chi connectivity index (χ0v) is 36.1. The van der Waals surface area contributed by atoms with Crippen LogP contribution in [0.15, 0.2) is 30.6 Å². The molecule has 1 aliphatic rings. The lowest BCUT2D eigenvalue weighted by Crippen LogP contribution is -2.54. The van der Waals surface area contributed by atoms with Crippen LogP contribution in [0.2, 0.25) is 54.4 Å². The first kappa shape index (κ1) is 39.6. The van der Waals surface area contributed by atoms with Crippen LogP contribution < -0.4 is 5.73 Å². The molecule has 1 aliphatic heterocycles. The van der Waals surface area contributed by atoms with Gasteiger partial charge in [0, 0.05) is 0 Å². The lowest BCUT2D eigenvalue weighted by atomic mass is 10.1. The molecule has 3 aromatic rings. The van der Waals surface area contributed by atoms with Gasteiger partial charge in [0.05, 0.1) is 6.61 Å². The Morgan fingerprint density at radius 1 is 0.776 bits per heavy atom. The summed E-state index contributed by atoms with van der Waals surface area (Å²) in [6.07, 6.45) is 3.73. The summed E-state index contributed by atoms with van der Waals surface area (Å²) in [4.78, 5) is 14.0. The van der Waals surface area contributed by atoms with E-state index in [1.54, 1.807) is 0 Å². The Balaban J connectivity index is 1.94. The van der Waals surface area contributed by atoms with Gasteiger partial charge in [0.1, 0.15) is 30.5 Å². The molecule has 0 bridgehead atoms. The van der Waals surface area contributed by atoms with Crippen LogP contribution in [-0.2, 0) is 18.0 Å². The fourth-order valence-corrected chi connectivity index (χ4v) is 8.64. The number of fused-ring (bicyclic) bond motifs is 1. The van der Waals surface area contributed by atoms with Gasteiger partial charge in [-0.25, -0.2) is 15.0 Å². The van der Waals surface area contributed by atoms with Crippen molar-refractivity contribution in [2.75, 3.05) is 12.3 Å². The Bertz CT molecular complexity index is 1630. The molecule has 0 amide bonds. The molecule has 0 unspecified atom stereocenters. The second-order valence-electron chi connectivity index (χ2n) is 18.3. The van der Waals surface area contributed by atoms with Crippen LogP contribution in [0.4, 0.5) is 5.82 Å². The van der Waals surface area contributed by atoms with Crippen molar-refractivity contribution in [1.82, 2.24) is 19.5 Å². The average Bonchev–Trinajstić information content (AvgIpc) is 3.47. The number of benzene rings is 1. The van der Waals surface area contributed by atoms with Gasteiger partial charge >= 0.3 is 0 Å². The predicted molar refractivity (Wildman–Crippen MR) is 211 cm³/mol. The van der Waals surface area contributed by atoms with Crippen molar-refractivity contribution in [2.24, 2.45) is 0 Å². The molecule has 0 saturated carbocycles. The molecule has 272 valence electrons. The molecule has 12 heteroatoms. The highest BCUT2D eigenvalue weighted by Gasteiger charge is 2.55. The van der Waals surface area contributed by atoms with Gasteiger partial charge in [-0.15, -0.1) is 0 Å². The lowest BCUT2D eigenvalue weighted by molar-refractivity contribution is -0.0473. The van der Waals surface area contributed by atoms with E-state index in [9.17, 15) is 0 Å². The largest absolute Gasteiger partial charge is 0.414 e. The molecule has 2 aromatic heterocycles. The Labute approximate surface area is 298 Å². The molecule has 9 nitrogen and oxygen atoms in total. The monoisotopic (exact) mass is 725 g/mol. The number of ether oxygens (including phenoxy) is 1. The molecule has 1 aromatic carbocycles. The van der Waals surface area contributed by atoms with Crippen molar-refractivity contribution in [2.45, 2.75) is 148 Å². The van der Waals surface area contributed by atoms with E-state index in [0.29, 0.717) is 29.4 Å². The molecule has 4 atom stereocenters. The number of nitrogens with zero attached hydrogens (tertiary/aromatic N) is 4. The number of aryl methyl sites for hydroxylation is 1. The molecule has 1 fully saturated rings. The fourth-order valence-electron chi connectivity index (χ4n) is 5.02. The molecule has 0 radical (unpaired) electrons. The number of imidazole rings is 1.